The van der Waals surface area contributed by atoms with E-state index in [1.54, 1.807) is 0 Å². The zero-order valence-corrected chi connectivity index (χ0v) is 15.2. The molecule has 2 fully saturated rings. The predicted molar refractivity (Wildman–Crippen MR) is 102 cm³/mol. The summed E-state index contributed by atoms with van der Waals surface area (Å²) in [7, 11) is 0. The Morgan fingerprint density at radius 3 is 2.44 bits per heavy atom. The van der Waals surface area contributed by atoms with E-state index in [4.69, 9.17) is 28.8 Å². The Morgan fingerprint density at radius 2 is 1.89 bits per heavy atom. The molecule has 0 spiro atoms. The molecule has 1 aliphatic heterocycles. The van der Waals surface area contributed by atoms with Gasteiger partial charge < -0.3 is 15.5 Å². The van der Waals surface area contributed by atoms with Crippen LogP contribution in [0.4, 0.5) is 8.78 Å². The van der Waals surface area contributed by atoms with Crippen LogP contribution >= 0.6 is 12.2 Å². The highest BCUT2D eigenvalue weighted by Gasteiger charge is 2.47. The molecule has 10 heteroatoms. The first-order chi connectivity index (χ1) is 12.7. The van der Waals surface area contributed by atoms with E-state index in [1.807, 2.05) is 0 Å². The maximum Gasteiger partial charge on any atom is 0.254 e. The van der Waals surface area contributed by atoms with Crippen molar-refractivity contribution in [2.24, 2.45) is 10.7 Å². The van der Waals surface area contributed by atoms with Gasteiger partial charge in [0.15, 0.2) is 16.5 Å². The molecular formula is C17H18F2N6OS. The fraction of sp³-hybridized carbons (Fsp3) is 0.353. The van der Waals surface area contributed by atoms with E-state index in [0.29, 0.717) is 5.56 Å². The lowest BCUT2D eigenvalue weighted by atomic mass is 10.1. The third kappa shape index (κ3) is 4.00. The second-order valence-corrected chi connectivity index (χ2v) is 6.83. The van der Waals surface area contributed by atoms with Gasteiger partial charge in [-0.05, 0) is 37.1 Å². The molecule has 3 rings (SSSR count). The smallest absolute Gasteiger partial charge is 0.254 e. The van der Waals surface area contributed by atoms with Crippen molar-refractivity contribution in [3.63, 3.8) is 0 Å². The molecular weight excluding hydrogens is 374 g/mol. The summed E-state index contributed by atoms with van der Waals surface area (Å²) in [6, 6.07) is 5.16. The van der Waals surface area contributed by atoms with E-state index in [2.05, 4.69) is 4.99 Å². The third-order valence-electron chi connectivity index (χ3n) is 4.48. The lowest BCUT2D eigenvalue weighted by Crippen LogP contribution is -2.55. The zero-order chi connectivity index (χ0) is 19.8. The minimum atomic E-state index is -1.63. The topological polar surface area (TPSA) is 110 Å². The number of rotatable bonds is 2. The number of nitrogens with one attached hydrogen (secondary N) is 2. The van der Waals surface area contributed by atoms with E-state index >= 15 is 0 Å². The van der Waals surface area contributed by atoms with E-state index in [-0.39, 0.29) is 60.9 Å². The van der Waals surface area contributed by atoms with Gasteiger partial charge in [-0.1, -0.05) is 12.2 Å². The van der Waals surface area contributed by atoms with Crippen molar-refractivity contribution < 1.29 is 13.6 Å². The first-order valence-electron chi connectivity index (χ1n) is 8.27. The molecule has 1 aromatic rings. The second-order valence-electron chi connectivity index (χ2n) is 6.45. The molecule has 1 saturated carbocycles. The Hall–Kier alpha value is -2.75. The molecule has 1 heterocycles. The Kier molecular flexibility index (Phi) is 5.01. The number of thiocarbonyl (C=S) groups is 1. The van der Waals surface area contributed by atoms with Gasteiger partial charge in [0, 0.05) is 18.7 Å². The predicted octanol–water partition coefficient (Wildman–Crippen LogP) is 1.72. The van der Waals surface area contributed by atoms with E-state index in [1.165, 1.54) is 34.1 Å². The van der Waals surface area contributed by atoms with Crippen molar-refractivity contribution in [2.75, 3.05) is 19.6 Å². The fourth-order valence-electron chi connectivity index (χ4n) is 2.64. The van der Waals surface area contributed by atoms with Crippen LogP contribution in [0.3, 0.4) is 0 Å². The maximum absolute atomic E-state index is 13.9. The standard InChI is InChI=1S/C17H18F2N6OS/c18-11-3-1-10(2-4-11)15(26)24-7-8-25(12(20)9-24)13(21)14(27)23-16(22)17(19)5-6-17/h1-4,20-21H,5-9H2,(H2,22,23,27). The number of hydrogen-bond acceptors (Lipinski definition) is 4. The molecule has 2 aliphatic rings. The van der Waals surface area contributed by atoms with Gasteiger partial charge in [-0.25, -0.2) is 13.8 Å². The number of alkyl halides is 1. The van der Waals surface area contributed by atoms with Gasteiger partial charge in [-0.15, -0.1) is 0 Å². The highest BCUT2D eigenvalue weighted by Crippen LogP contribution is 2.39. The molecule has 0 atom stereocenters. The highest BCUT2D eigenvalue weighted by molar-refractivity contribution is 7.82. The van der Waals surface area contributed by atoms with Crippen LogP contribution in [-0.4, -0.2) is 63.5 Å². The molecule has 1 aliphatic carbocycles. The van der Waals surface area contributed by atoms with Gasteiger partial charge in [-0.2, -0.15) is 0 Å². The second kappa shape index (κ2) is 7.10. The van der Waals surface area contributed by atoms with Gasteiger partial charge >= 0.3 is 0 Å². The molecule has 7 nitrogen and oxygen atoms in total. The van der Waals surface area contributed by atoms with Crippen LogP contribution in [0.5, 0.6) is 0 Å². The molecule has 142 valence electrons. The van der Waals surface area contributed by atoms with E-state index < -0.39 is 11.5 Å². The van der Waals surface area contributed by atoms with Crippen LogP contribution in [0.25, 0.3) is 0 Å². The van der Waals surface area contributed by atoms with Crippen molar-refractivity contribution in [1.82, 2.24) is 9.80 Å². The van der Waals surface area contributed by atoms with Gasteiger partial charge in [0.25, 0.3) is 5.91 Å². The zero-order valence-electron chi connectivity index (χ0n) is 14.3. The number of carbonyl (C=O) groups is 1. The number of carbonyl (C=O) groups excluding carboxylic acids is 1. The molecule has 4 N–H and O–H groups in total. The summed E-state index contributed by atoms with van der Waals surface area (Å²) in [5, 5.41) is 16.2. The van der Waals surface area contributed by atoms with Gasteiger partial charge in [0.05, 0.1) is 6.54 Å². The number of aliphatic imine (C=N–C) groups is 1. The molecule has 0 bridgehead atoms. The number of amides is 1. The monoisotopic (exact) mass is 392 g/mol. The number of amidine groups is 3. The minimum absolute atomic E-state index is 0.0146. The summed E-state index contributed by atoms with van der Waals surface area (Å²) in [5.41, 5.74) is 4.28. The highest BCUT2D eigenvalue weighted by atomic mass is 32.1. The maximum atomic E-state index is 13.9. The van der Waals surface area contributed by atoms with Crippen molar-refractivity contribution in [1.29, 1.82) is 10.8 Å². The van der Waals surface area contributed by atoms with Crippen LogP contribution in [0.15, 0.2) is 29.3 Å². The first kappa shape index (κ1) is 19.0. The van der Waals surface area contributed by atoms with Gasteiger partial charge in [0.2, 0.25) is 0 Å². The summed E-state index contributed by atoms with van der Waals surface area (Å²) in [5.74, 6) is -1.25. The van der Waals surface area contributed by atoms with Crippen LogP contribution in [0, 0.1) is 16.6 Å². The fourth-order valence-corrected chi connectivity index (χ4v) is 2.85. The molecule has 27 heavy (non-hydrogen) atoms. The number of piperazine rings is 1. The number of nitrogens with two attached hydrogens (primary N) is 1. The number of halogens is 2. The largest absolute Gasteiger partial charge is 0.384 e. The SMILES string of the molecule is N=C1CN(C(=O)c2ccc(F)cc2)CCN1C(=N)C(=S)N=C(N)C1(F)CC1. The summed E-state index contributed by atoms with van der Waals surface area (Å²) < 4.78 is 26.8. The first-order valence-corrected chi connectivity index (χ1v) is 8.68. The Morgan fingerprint density at radius 1 is 1.26 bits per heavy atom. The third-order valence-corrected chi connectivity index (χ3v) is 4.77. The van der Waals surface area contributed by atoms with Crippen molar-refractivity contribution >= 4 is 40.6 Å². The number of nitrogens with zero attached hydrogens (tertiary/aromatic N) is 3. The summed E-state index contributed by atoms with van der Waals surface area (Å²) in [6.45, 7) is 0.379. The van der Waals surface area contributed by atoms with E-state index in [0.717, 1.165) is 0 Å². The van der Waals surface area contributed by atoms with Crippen LogP contribution < -0.4 is 5.73 Å². The Labute approximate surface area is 159 Å². The molecule has 0 aromatic heterocycles. The van der Waals surface area contributed by atoms with Crippen LogP contribution in [0.1, 0.15) is 23.2 Å². The van der Waals surface area contributed by atoms with Gasteiger partial charge in [0.1, 0.15) is 17.5 Å². The molecule has 0 radical (unpaired) electrons. The molecule has 0 unspecified atom stereocenters. The quantitative estimate of drug-likeness (QED) is 0.404. The van der Waals surface area contributed by atoms with Crippen molar-refractivity contribution in [3.8, 4) is 0 Å². The average Bonchev–Trinajstić information content (AvgIpc) is 3.40. The van der Waals surface area contributed by atoms with Gasteiger partial charge in [-0.3, -0.25) is 15.6 Å². The van der Waals surface area contributed by atoms with E-state index in [9.17, 15) is 13.6 Å². The minimum Gasteiger partial charge on any atom is -0.384 e. The van der Waals surface area contributed by atoms with Crippen LogP contribution in [-0.2, 0) is 0 Å². The Bertz CT molecular complexity index is 849. The summed E-state index contributed by atoms with van der Waals surface area (Å²) >= 11 is 5.04. The average molecular weight is 392 g/mol. The number of benzene rings is 1. The summed E-state index contributed by atoms with van der Waals surface area (Å²) in [6.07, 6.45) is 0.580. The lowest BCUT2D eigenvalue weighted by molar-refractivity contribution is 0.0757. The normalized spacial score (nSPS) is 19.0. The van der Waals surface area contributed by atoms with Crippen molar-refractivity contribution in [2.45, 2.75) is 18.5 Å². The Balaban J connectivity index is 1.63. The molecule has 1 amide bonds. The lowest BCUT2D eigenvalue weighted by Gasteiger charge is -2.36. The van der Waals surface area contributed by atoms with Crippen molar-refractivity contribution in [3.05, 3.63) is 35.6 Å². The summed E-state index contributed by atoms with van der Waals surface area (Å²) in [4.78, 5) is 18.8. The van der Waals surface area contributed by atoms with Crippen LogP contribution in [0.2, 0.25) is 0 Å². The molecule has 1 aromatic carbocycles. The number of hydrogen-bond donors (Lipinski definition) is 3. The molecule has 1 saturated heterocycles.